The molecule has 2 aliphatic heterocycles. The number of carbonyl (C=O) groups is 3. The lowest BCUT2D eigenvalue weighted by atomic mass is 9.84. The minimum absolute atomic E-state index is 0.0336. The van der Waals surface area contributed by atoms with E-state index in [-0.39, 0.29) is 48.4 Å². The molecule has 4 atom stereocenters. The average Bonchev–Trinajstić information content (AvgIpc) is 3.27. The number of likely N-dealkylation sites (tertiary alicyclic amines) is 2. The van der Waals surface area contributed by atoms with E-state index in [0.717, 1.165) is 38.6 Å². The topological polar surface area (TPSA) is 93.2 Å². The summed E-state index contributed by atoms with van der Waals surface area (Å²) in [5, 5.41) is 12.7. The van der Waals surface area contributed by atoms with Crippen LogP contribution in [0.2, 0.25) is 0 Å². The Bertz CT molecular complexity index is 789. The second kappa shape index (κ2) is 12.3. The van der Waals surface area contributed by atoms with Crippen LogP contribution in [0.3, 0.4) is 0 Å². The second-order valence-electron chi connectivity index (χ2n) is 11.8. The van der Waals surface area contributed by atoms with Crippen LogP contribution in [0.5, 0.6) is 0 Å². The quantitative estimate of drug-likeness (QED) is 0.508. The number of hydrogen-bond acceptors (Lipinski definition) is 5. The molecule has 0 aromatic carbocycles. The zero-order chi connectivity index (χ0) is 26.5. The Morgan fingerprint density at radius 1 is 1.11 bits per heavy atom. The zero-order valence-corrected chi connectivity index (χ0v) is 23.1. The van der Waals surface area contributed by atoms with Gasteiger partial charge in [0.05, 0.1) is 24.7 Å². The maximum Gasteiger partial charge on any atom is 0.249 e. The van der Waals surface area contributed by atoms with E-state index in [1.54, 1.807) is 23.8 Å². The number of nitrogens with zero attached hydrogens (tertiary/aromatic N) is 3. The Labute approximate surface area is 212 Å². The molecular weight excluding hydrogens is 444 g/mol. The highest BCUT2D eigenvalue weighted by molar-refractivity contribution is 5.94. The molecule has 0 aliphatic carbocycles. The van der Waals surface area contributed by atoms with Gasteiger partial charge in [-0.3, -0.25) is 19.3 Å². The number of aliphatic hydroxyl groups is 1. The van der Waals surface area contributed by atoms with Crippen LogP contribution in [-0.4, -0.2) is 95.5 Å². The molecule has 0 saturated carbocycles. The van der Waals surface area contributed by atoms with Crippen LogP contribution in [0.4, 0.5) is 0 Å². The number of amides is 3. The summed E-state index contributed by atoms with van der Waals surface area (Å²) in [5.74, 6) is -0.274. The Morgan fingerprint density at radius 3 is 2.31 bits per heavy atom. The molecule has 2 aliphatic rings. The molecule has 0 radical (unpaired) electrons. The maximum absolute atomic E-state index is 13.8. The largest absolute Gasteiger partial charge is 0.394 e. The lowest BCUT2D eigenvalue weighted by Gasteiger charge is -2.39. The predicted octanol–water partition coefficient (Wildman–Crippen LogP) is 2.41. The molecule has 8 heteroatoms. The third kappa shape index (κ3) is 7.29. The highest BCUT2D eigenvalue weighted by Crippen LogP contribution is 2.26. The van der Waals surface area contributed by atoms with Gasteiger partial charge in [0.25, 0.3) is 0 Å². The van der Waals surface area contributed by atoms with Gasteiger partial charge < -0.3 is 20.2 Å². The fourth-order valence-corrected chi connectivity index (χ4v) is 5.24. The highest BCUT2D eigenvalue weighted by Gasteiger charge is 2.39. The van der Waals surface area contributed by atoms with Crippen LogP contribution in [0.25, 0.3) is 0 Å². The molecular formula is C27H48N4O4. The Kier molecular flexibility index (Phi) is 10.3. The van der Waals surface area contributed by atoms with E-state index in [1.807, 2.05) is 47.7 Å². The van der Waals surface area contributed by atoms with Crippen LogP contribution < -0.4 is 5.32 Å². The summed E-state index contributed by atoms with van der Waals surface area (Å²) in [4.78, 5) is 45.5. The molecule has 0 spiro atoms. The van der Waals surface area contributed by atoms with Crippen molar-refractivity contribution in [2.45, 2.75) is 97.8 Å². The van der Waals surface area contributed by atoms with Crippen molar-refractivity contribution in [1.29, 1.82) is 0 Å². The van der Waals surface area contributed by atoms with Gasteiger partial charge in [-0.05, 0) is 57.5 Å². The summed E-state index contributed by atoms with van der Waals surface area (Å²) < 4.78 is 0. The normalized spacial score (nSPS) is 23.8. The fourth-order valence-electron chi connectivity index (χ4n) is 5.24. The molecule has 2 rings (SSSR count). The number of carbonyl (C=O) groups excluding carboxylic acids is 3. The van der Waals surface area contributed by atoms with Crippen molar-refractivity contribution in [3.63, 3.8) is 0 Å². The highest BCUT2D eigenvalue weighted by atomic mass is 16.3. The molecule has 2 N–H and O–H groups in total. The number of likely N-dealkylation sites (N-methyl/N-ethyl adjacent to an activating group) is 2. The van der Waals surface area contributed by atoms with Crippen molar-refractivity contribution in [3.8, 4) is 0 Å². The summed E-state index contributed by atoms with van der Waals surface area (Å²) >= 11 is 0. The number of rotatable bonds is 8. The molecule has 2 saturated heterocycles. The fraction of sp³-hybridized carbons (Fsp3) is 0.815. The lowest BCUT2D eigenvalue weighted by Crippen LogP contribution is -2.59. The van der Waals surface area contributed by atoms with Gasteiger partial charge in [0.1, 0.15) is 6.04 Å². The zero-order valence-electron chi connectivity index (χ0n) is 23.1. The maximum atomic E-state index is 13.8. The number of piperidine rings is 1. The van der Waals surface area contributed by atoms with E-state index in [0.29, 0.717) is 12.1 Å². The van der Waals surface area contributed by atoms with Crippen LogP contribution in [-0.2, 0) is 14.4 Å². The van der Waals surface area contributed by atoms with Gasteiger partial charge in [0.15, 0.2) is 0 Å². The standard InChI is InChI=1S/C27H48N4O4/c1-18(2)22(16-19(3)25(34)31-15-11-12-20(31)17-32)30(8)26(35)23(27(4,5)6)28-24(33)21-13-9-10-14-29(21)7/h16,18,20-23,32H,9-15,17H2,1-8H3,(H,28,33)/t20-,21?,22+,23+/m0/s1. The summed E-state index contributed by atoms with van der Waals surface area (Å²) in [5.41, 5.74) is 0.0951. The second-order valence-corrected chi connectivity index (χ2v) is 11.8. The predicted molar refractivity (Wildman–Crippen MR) is 139 cm³/mol. The molecule has 200 valence electrons. The third-order valence-corrected chi connectivity index (χ3v) is 7.56. The van der Waals surface area contributed by atoms with Crippen molar-refractivity contribution in [1.82, 2.24) is 20.0 Å². The van der Waals surface area contributed by atoms with Crippen LogP contribution in [0, 0.1) is 11.3 Å². The van der Waals surface area contributed by atoms with Crippen LogP contribution in [0.15, 0.2) is 11.6 Å². The van der Waals surface area contributed by atoms with E-state index in [1.165, 1.54) is 0 Å². The molecule has 3 amide bonds. The van der Waals surface area contributed by atoms with Crippen LogP contribution >= 0.6 is 0 Å². The van der Waals surface area contributed by atoms with E-state index >= 15 is 0 Å². The monoisotopic (exact) mass is 492 g/mol. The first-order valence-electron chi connectivity index (χ1n) is 13.2. The SMILES string of the molecule is CC(=C[C@H](C(C)C)N(C)C(=O)[C@@H](NC(=O)C1CCCCN1C)C(C)(C)C)C(=O)N1CCC[C@H]1CO. The van der Waals surface area contributed by atoms with E-state index in [4.69, 9.17) is 0 Å². The molecule has 2 fully saturated rings. The van der Waals surface area contributed by atoms with Crippen molar-refractivity contribution in [2.75, 3.05) is 33.8 Å². The Hall–Kier alpha value is -1.93. The summed E-state index contributed by atoms with van der Waals surface area (Å²) in [6.45, 7) is 13.2. The minimum atomic E-state index is -0.682. The minimum Gasteiger partial charge on any atom is -0.394 e. The third-order valence-electron chi connectivity index (χ3n) is 7.56. The Morgan fingerprint density at radius 2 is 1.77 bits per heavy atom. The van der Waals surface area contributed by atoms with Crippen molar-refractivity contribution >= 4 is 17.7 Å². The van der Waals surface area contributed by atoms with Gasteiger partial charge in [0.2, 0.25) is 17.7 Å². The van der Waals surface area contributed by atoms with Gasteiger partial charge in [-0.2, -0.15) is 0 Å². The number of aliphatic hydroxyl groups excluding tert-OH is 1. The summed E-state index contributed by atoms with van der Waals surface area (Å²) in [7, 11) is 3.72. The molecule has 1 unspecified atom stereocenters. The van der Waals surface area contributed by atoms with E-state index in [9.17, 15) is 19.5 Å². The van der Waals surface area contributed by atoms with E-state index in [2.05, 4.69) is 10.2 Å². The Balaban J connectivity index is 2.23. The molecule has 2 heterocycles. The van der Waals surface area contributed by atoms with E-state index < -0.39 is 11.5 Å². The number of hydrogen-bond donors (Lipinski definition) is 2. The van der Waals surface area contributed by atoms with Crippen molar-refractivity contribution < 1.29 is 19.5 Å². The first kappa shape index (κ1) is 29.3. The van der Waals surface area contributed by atoms with Gasteiger partial charge in [-0.1, -0.05) is 47.1 Å². The smallest absolute Gasteiger partial charge is 0.249 e. The average molecular weight is 493 g/mol. The number of nitrogens with one attached hydrogen (secondary N) is 1. The van der Waals surface area contributed by atoms with Crippen molar-refractivity contribution in [2.24, 2.45) is 11.3 Å². The molecule has 0 bridgehead atoms. The van der Waals surface area contributed by atoms with Crippen molar-refractivity contribution in [3.05, 3.63) is 11.6 Å². The molecule has 8 nitrogen and oxygen atoms in total. The van der Waals surface area contributed by atoms with Gasteiger partial charge in [-0.25, -0.2) is 0 Å². The summed E-state index contributed by atoms with van der Waals surface area (Å²) in [6, 6.07) is -1.34. The molecule has 0 aromatic rings. The van der Waals surface area contributed by atoms with Gasteiger partial charge in [-0.15, -0.1) is 0 Å². The molecule has 0 aromatic heterocycles. The lowest BCUT2D eigenvalue weighted by molar-refractivity contribution is -0.141. The van der Waals surface area contributed by atoms with Gasteiger partial charge >= 0.3 is 0 Å². The first-order valence-corrected chi connectivity index (χ1v) is 13.2. The molecule has 35 heavy (non-hydrogen) atoms. The van der Waals surface area contributed by atoms with Gasteiger partial charge in [0, 0.05) is 19.2 Å². The van der Waals surface area contributed by atoms with Crippen LogP contribution in [0.1, 0.15) is 73.6 Å². The first-order chi connectivity index (χ1) is 16.3. The summed E-state index contributed by atoms with van der Waals surface area (Å²) in [6.07, 6.45) is 6.46.